The molecule has 0 aromatic heterocycles. The number of nitrogens with one attached hydrogen (secondary N) is 1. The second-order valence-electron chi connectivity index (χ2n) is 9.33. The lowest BCUT2D eigenvalue weighted by Gasteiger charge is -2.32. The Morgan fingerprint density at radius 3 is 2.21 bits per heavy atom. The predicted molar refractivity (Wildman–Crippen MR) is 141 cm³/mol. The quantitative estimate of drug-likeness (QED) is 0.310. The van der Waals surface area contributed by atoms with E-state index in [-0.39, 0.29) is 11.3 Å². The summed E-state index contributed by atoms with van der Waals surface area (Å²) >= 11 is 0. The summed E-state index contributed by atoms with van der Waals surface area (Å²) in [5.74, 6) is 1.20. The van der Waals surface area contributed by atoms with Gasteiger partial charge in [-0.3, -0.25) is 4.79 Å². The third kappa shape index (κ3) is 7.41. The van der Waals surface area contributed by atoms with Crippen LogP contribution in [0.1, 0.15) is 53.9 Å². The maximum atomic E-state index is 12.5. The molecule has 0 aliphatic heterocycles. The SMILES string of the molecule is COc1cc(NC(=O)/C=C(C)/C=C/C=C(C)/C=C/C2=C(C)CCCC2(C)C)cc(OC)c1OC. The van der Waals surface area contributed by atoms with Crippen molar-refractivity contribution in [3.8, 4) is 17.2 Å². The van der Waals surface area contributed by atoms with E-state index in [9.17, 15) is 4.79 Å². The summed E-state index contributed by atoms with van der Waals surface area (Å²) in [4.78, 5) is 12.5. The zero-order valence-corrected chi connectivity index (χ0v) is 21.9. The molecule has 0 unspecified atom stereocenters. The number of benzene rings is 1. The van der Waals surface area contributed by atoms with Gasteiger partial charge in [0.2, 0.25) is 11.7 Å². The molecule has 1 N–H and O–H groups in total. The van der Waals surface area contributed by atoms with Gasteiger partial charge >= 0.3 is 0 Å². The van der Waals surface area contributed by atoms with Crippen LogP contribution in [-0.2, 0) is 4.79 Å². The van der Waals surface area contributed by atoms with Crippen LogP contribution in [0.15, 0.2) is 70.9 Å². The van der Waals surface area contributed by atoms with Crippen LogP contribution < -0.4 is 19.5 Å². The van der Waals surface area contributed by atoms with Crippen molar-refractivity contribution in [2.24, 2.45) is 5.41 Å². The van der Waals surface area contributed by atoms with Gasteiger partial charge in [0, 0.05) is 23.9 Å². The lowest BCUT2D eigenvalue weighted by Crippen LogP contribution is -2.19. The number of hydrogen-bond donors (Lipinski definition) is 1. The molecule has 5 heteroatoms. The van der Waals surface area contributed by atoms with Crippen LogP contribution in [0, 0.1) is 5.41 Å². The number of allylic oxidation sites excluding steroid dienone is 9. The molecule has 184 valence electrons. The van der Waals surface area contributed by atoms with E-state index in [0.717, 1.165) is 11.1 Å². The molecule has 0 saturated carbocycles. The Kier molecular flexibility index (Phi) is 9.79. The maximum absolute atomic E-state index is 12.5. The van der Waals surface area contributed by atoms with Crippen molar-refractivity contribution < 1.29 is 19.0 Å². The van der Waals surface area contributed by atoms with Crippen molar-refractivity contribution >= 4 is 11.6 Å². The van der Waals surface area contributed by atoms with Gasteiger partial charge in [-0.2, -0.15) is 0 Å². The topological polar surface area (TPSA) is 56.8 Å². The summed E-state index contributed by atoms with van der Waals surface area (Å²) in [6.07, 6.45) is 15.6. The van der Waals surface area contributed by atoms with Gasteiger partial charge in [-0.25, -0.2) is 0 Å². The van der Waals surface area contributed by atoms with E-state index < -0.39 is 0 Å². The Labute approximate surface area is 204 Å². The molecule has 0 radical (unpaired) electrons. The van der Waals surface area contributed by atoms with Crippen molar-refractivity contribution in [2.75, 3.05) is 26.6 Å². The van der Waals surface area contributed by atoms with Gasteiger partial charge in [0.25, 0.3) is 0 Å². The van der Waals surface area contributed by atoms with Crippen LogP contribution in [0.2, 0.25) is 0 Å². The summed E-state index contributed by atoms with van der Waals surface area (Å²) in [7, 11) is 4.62. The number of hydrogen-bond acceptors (Lipinski definition) is 4. The summed E-state index contributed by atoms with van der Waals surface area (Å²) < 4.78 is 16.0. The fourth-order valence-electron chi connectivity index (χ4n) is 4.22. The monoisotopic (exact) mass is 465 g/mol. The lowest BCUT2D eigenvalue weighted by atomic mass is 9.72. The number of carbonyl (C=O) groups is 1. The molecule has 0 heterocycles. The average molecular weight is 466 g/mol. The second kappa shape index (κ2) is 12.3. The average Bonchev–Trinajstić information content (AvgIpc) is 2.77. The fraction of sp³-hybridized carbons (Fsp3) is 0.414. The molecule has 1 aliphatic rings. The largest absolute Gasteiger partial charge is 0.493 e. The number of anilines is 1. The van der Waals surface area contributed by atoms with E-state index >= 15 is 0 Å². The fourth-order valence-corrected chi connectivity index (χ4v) is 4.22. The van der Waals surface area contributed by atoms with Gasteiger partial charge in [-0.1, -0.05) is 55.4 Å². The third-order valence-corrected chi connectivity index (χ3v) is 6.06. The third-order valence-electron chi connectivity index (χ3n) is 6.06. The molecule has 1 aromatic rings. The number of amides is 1. The van der Waals surface area contributed by atoms with Crippen LogP contribution in [0.3, 0.4) is 0 Å². The zero-order chi connectivity index (χ0) is 25.3. The molecule has 2 rings (SSSR count). The lowest BCUT2D eigenvalue weighted by molar-refractivity contribution is -0.111. The van der Waals surface area contributed by atoms with Gasteiger partial charge in [0.1, 0.15) is 0 Å². The van der Waals surface area contributed by atoms with Crippen LogP contribution in [0.5, 0.6) is 17.2 Å². The molecule has 1 aromatic carbocycles. The minimum absolute atomic E-state index is 0.236. The Bertz CT molecular complexity index is 1010. The van der Waals surface area contributed by atoms with Gasteiger partial charge in [-0.15, -0.1) is 0 Å². The number of methoxy groups -OCH3 is 3. The van der Waals surface area contributed by atoms with Crippen LogP contribution in [0.25, 0.3) is 0 Å². The first-order valence-corrected chi connectivity index (χ1v) is 11.6. The van der Waals surface area contributed by atoms with Gasteiger partial charge in [-0.05, 0) is 56.6 Å². The molecule has 0 spiro atoms. The highest BCUT2D eigenvalue weighted by molar-refractivity contribution is 6.00. The number of ether oxygens (including phenoxy) is 3. The van der Waals surface area contributed by atoms with E-state index in [1.807, 2.05) is 19.1 Å². The zero-order valence-electron chi connectivity index (χ0n) is 21.9. The molecular formula is C29H39NO4. The Morgan fingerprint density at radius 2 is 1.65 bits per heavy atom. The molecule has 0 atom stereocenters. The van der Waals surface area contributed by atoms with Crippen molar-refractivity contribution in [1.29, 1.82) is 0 Å². The smallest absolute Gasteiger partial charge is 0.248 e. The van der Waals surface area contributed by atoms with E-state index in [1.54, 1.807) is 18.2 Å². The maximum Gasteiger partial charge on any atom is 0.248 e. The minimum atomic E-state index is -0.237. The molecule has 0 fully saturated rings. The van der Waals surface area contributed by atoms with Gasteiger partial charge in [0.05, 0.1) is 21.3 Å². The highest BCUT2D eigenvalue weighted by Gasteiger charge is 2.26. The molecule has 1 amide bonds. The van der Waals surface area contributed by atoms with Crippen molar-refractivity contribution in [3.05, 3.63) is 70.9 Å². The van der Waals surface area contributed by atoms with Gasteiger partial charge in [0.15, 0.2) is 11.5 Å². The molecule has 1 aliphatic carbocycles. The van der Waals surface area contributed by atoms with Crippen LogP contribution in [-0.4, -0.2) is 27.2 Å². The van der Waals surface area contributed by atoms with E-state index in [2.05, 4.69) is 51.2 Å². The van der Waals surface area contributed by atoms with Crippen molar-refractivity contribution in [2.45, 2.75) is 53.9 Å². The first kappa shape index (κ1) is 27.0. The predicted octanol–water partition coefficient (Wildman–Crippen LogP) is 7.18. The minimum Gasteiger partial charge on any atom is -0.493 e. The first-order valence-electron chi connectivity index (χ1n) is 11.6. The Balaban J connectivity index is 2.05. The summed E-state index contributed by atoms with van der Waals surface area (Å²) in [6.45, 7) is 10.9. The van der Waals surface area contributed by atoms with Gasteiger partial charge < -0.3 is 19.5 Å². The Morgan fingerprint density at radius 1 is 1.00 bits per heavy atom. The van der Waals surface area contributed by atoms with Crippen molar-refractivity contribution in [3.63, 3.8) is 0 Å². The summed E-state index contributed by atoms with van der Waals surface area (Å²) in [5, 5.41) is 2.84. The first-order chi connectivity index (χ1) is 16.1. The molecular weight excluding hydrogens is 426 g/mol. The molecule has 0 bridgehead atoms. The summed E-state index contributed by atoms with van der Waals surface area (Å²) in [5.41, 5.74) is 5.74. The van der Waals surface area contributed by atoms with Crippen molar-refractivity contribution in [1.82, 2.24) is 0 Å². The molecule has 0 saturated heterocycles. The Hall–Kier alpha value is -3.21. The van der Waals surface area contributed by atoms with E-state index in [1.165, 1.54) is 51.7 Å². The highest BCUT2D eigenvalue weighted by Crippen LogP contribution is 2.41. The molecule has 34 heavy (non-hydrogen) atoms. The van der Waals surface area contributed by atoms with Crippen LogP contribution >= 0.6 is 0 Å². The van der Waals surface area contributed by atoms with Crippen LogP contribution in [0.4, 0.5) is 5.69 Å². The highest BCUT2D eigenvalue weighted by atomic mass is 16.5. The standard InChI is InChI=1S/C29H39NO4/c1-20(14-15-24-22(3)13-10-16-29(24,4)5)11-9-12-21(2)17-27(31)30-23-18-25(32-6)28(34-8)26(19-23)33-7/h9,11-12,14-15,17-19H,10,13,16H2,1-8H3,(H,30,31)/b12-9+,15-14+,20-11+,21-17+. The molecule has 5 nitrogen and oxygen atoms in total. The van der Waals surface area contributed by atoms with E-state index in [0.29, 0.717) is 22.9 Å². The normalized spacial score (nSPS) is 16.8. The number of carbonyl (C=O) groups excluding carboxylic acids is 1. The second-order valence-corrected chi connectivity index (χ2v) is 9.33. The number of rotatable bonds is 9. The van der Waals surface area contributed by atoms with E-state index in [4.69, 9.17) is 14.2 Å². The summed E-state index contributed by atoms with van der Waals surface area (Å²) in [6, 6.07) is 3.39.